The van der Waals surface area contributed by atoms with Crippen molar-refractivity contribution in [2.24, 2.45) is 11.7 Å². The van der Waals surface area contributed by atoms with Crippen molar-refractivity contribution >= 4 is 0 Å². The van der Waals surface area contributed by atoms with E-state index >= 15 is 0 Å². The van der Waals surface area contributed by atoms with Crippen LogP contribution in [0.4, 0.5) is 0 Å². The van der Waals surface area contributed by atoms with Gasteiger partial charge in [-0.1, -0.05) is 17.7 Å². The van der Waals surface area contributed by atoms with Gasteiger partial charge in [0.05, 0.1) is 0 Å². The van der Waals surface area contributed by atoms with Gasteiger partial charge in [-0.05, 0) is 69.3 Å². The normalized spacial score (nSPS) is 18.9. The summed E-state index contributed by atoms with van der Waals surface area (Å²) < 4.78 is 5.30. The number of hydrogen-bond acceptors (Lipinski definition) is 3. The third kappa shape index (κ3) is 3.85. The van der Waals surface area contributed by atoms with E-state index in [4.69, 9.17) is 10.5 Å². The number of benzene rings is 1. The molecule has 1 aromatic carbocycles. The summed E-state index contributed by atoms with van der Waals surface area (Å²) in [6, 6.07) is 4.92. The first kappa shape index (κ1) is 16.5. The molecule has 3 heteroatoms. The van der Waals surface area contributed by atoms with Crippen LogP contribution in [0.25, 0.3) is 0 Å². The second kappa shape index (κ2) is 7.39. The zero-order valence-corrected chi connectivity index (χ0v) is 14.0. The molecule has 1 saturated heterocycles. The molecular weight excluding hydrogens is 260 g/mol. The molecule has 1 unspecified atom stereocenters. The van der Waals surface area contributed by atoms with E-state index in [1.807, 2.05) is 0 Å². The van der Waals surface area contributed by atoms with Crippen molar-refractivity contribution in [3.05, 3.63) is 34.4 Å². The van der Waals surface area contributed by atoms with Crippen LogP contribution < -0.4 is 5.73 Å². The quantitative estimate of drug-likeness (QED) is 0.906. The average molecular weight is 290 g/mol. The van der Waals surface area contributed by atoms with Crippen LogP contribution in [-0.4, -0.2) is 38.3 Å². The van der Waals surface area contributed by atoms with E-state index in [0.717, 1.165) is 19.7 Å². The molecule has 1 aromatic rings. The third-order valence-electron chi connectivity index (χ3n) is 4.79. The van der Waals surface area contributed by atoms with Crippen molar-refractivity contribution < 1.29 is 4.74 Å². The second-order valence-electron chi connectivity index (χ2n) is 6.50. The van der Waals surface area contributed by atoms with Gasteiger partial charge >= 0.3 is 0 Å². The van der Waals surface area contributed by atoms with Crippen molar-refractivity contribution in [2.45, 2.75) is 39.7 Å². The van der Waals surface area contributed by atoms with Gasteiger partial charge in [0, 0.05) is 26.3 Å². The van der Waals surface area contributed by atoms with Crippen molar-refractivity contribution in [3.8, 4) is 0 Å². The summed E-state index contributed by atoms with van der Waals surface area (Å²) in [6.45, 7) is 10.4. The average Bonchev–Trinajstić information content (AvgIpc) is 2.44. The summed E-state index contributed by atoms with van der Waals surface area (Å²) in [4.78, 5) is 2.57. The molecule has 0 aromatic heterocycles. The lowest BCUT2D eigenvalue weighted by Crippen LogP contribution is -2.41. The summed E-state index contributed by atoms with van der Waals surface area (Å²) in [5.74, 6) is 0.713. The summed E-state index contributed by atoms with van der Waals surface area (Å²) in [5, 5.41) is 0. The van der Waals surface area contributed by atoms with Gasteiger partial charge < -0.3 is 10.5 Å². The van der Waals surface area contributed by atoms with Gasteiger partial charge in [-0.2, -0.15) is 0 Å². The Morgan fingerprint density at radius 1 is 1.19 bits per heavy atom. The van der Waals surface area contributed by atoms with E-state index < -0.39 is 0 Å². The SMILES string of the molecule is COCC1CCN(C(CN)c2c(C)cc(C)cc2C)CC1. The molecule has 21 heavy (non-hydrogen) atoms. The van der Waals surface area contributed by atoms with Crippen LogP contribution in [0.3, 0.4) is 0 Å². The Morgan fingerprint density at radius 3 is 2.24 bits per heavy atom. The van der Waals surface area contributed by atoms with Crippen LogP contribution in [0.5, 0.6) is 0 Å². The molecule has 0 aliphatic carbocycles. The van der Waals surface area contributed by atoms with Gasteiger partial charge in [0.2, 0.25) is 0 Å². The van der Waals surface area contributed by atoms with E-state index in [1.54, 1.807) is 7.11 Å². The fourth-order valence-corrected chi connectivity index (χ4v) is 3.83. The Morgan fingerprint density at radius 2 is 1.76 bits per heavy atom. The maximum Gasteiger partial charge on any atom is 0.0491 e. The number of piperidine rings is 1. The lowest BCUT2D eigenvalue weighted by atomic mass is 9.90. The van der Waals surface area contributed by atoms with E-state index in [2.05, 4.69) is 37.8 Å². The largest absolute Gasteiger partial charge is 0.384 e. The molecule has 1 aliphatic heterocycles. The smallest absolute Gasteiger partial charge is 0.0491 e. The molecule has 0 radical (unpaired) electrons. The summed E-state index contributed by atoms with van der Waals surface area (Å²) in [7, 11) is 1.80. The summed E-state index contributed by atoms with van der Waals surface area (Å²) in [5.41, 5.74) is 11.7. The number of rotatable bonds is 5. The maximum absolute atomic E-state index is 6.14. The van der Waals surface area contributed by atoms with Gasteiger partial charge in [0.25, 0.3) is 0 Å². The Hall–Kier alpha value is -0.900. The van der Waals surface area contributed by atoms with Gasteiger partial charge in [0.15, 0.2) is 0 Å². The highest BCUT2D eigenvalue weighted by Gasteiger charge is 2.27. The number of likely N-dealkylation sites (tertiary alicyclic amines) is 1. The molecule has 2 N–H and O–H groups in total. The van der Waals surface area contributed by atoms with Crippen molar-refractivity contribution in [1.82, 2.24) is 4.90 Å². The number of aryl methyl sites for hydroxylation is 3. The number of hydrogen-bond donors (Lipinski definition) is 1. The van der Waals surface area contributed by atoms with Crippen LogP contribution in [-0.2, 0) is 4.74 Å². The molecule has 2 rings (SSSR count). The molecule has 118 valence electrons. The van der Waals surface area contributed by atoms with Crippen molar-refractivity contribution in [1.29, 1.82) is 0 Å². The fraction of sp³-hybridized carbons (Fsp3) is 0.667. The lowest BCUT2D eigenvalue weighted by Gasteiger charge is -2.38. The fourth-order valence-electron chi connectivity index (χ4n) is 3.83. The Bertz CT molecular complexity index is 441. The monoisotopic (exact) mass is 290 g/mol. The summed E-state index contributed by atoms with van der Waals surface area (Å²) >= 11 is 0. The Kier molecular flexibility index (Phi) is 5.80. The summed E-state index contributed by atoms with van der Waals surface area (Å²) in [6.07, 6.45) is 2.43. The number of nitrogens with zero attached hydrogens (tertiary/aromatic N) is 1. The molecule has 0 bridgehead atoms. The minimum Gasteiger partial charge on any atom is -0.384 e. The van der Waals surface area contributed by atoms with E-state index in [0.29, 0.717) is 18.5 Å². The first-order valence-electron chi connectivity index (χ1n) is 8.07. The highest BCUT2D eigenvalue weighted by atomic mass is 16.5. The Balaban J connectivity index is 2.14. The predicted molar refractivity (Wildman–Crippen MR) is 88.6 cm³/mol. The third-order valence-corrected chi connectivity index (χ3v) is 4.79. The zero-order valence-electron chi connectivity index (χ0n) is 14.0. The highest BCUT2D eigenvalue weighted by molar-refractivity contribution is 5.40. The van der Waals surface area contributed by atoms with Crippen LogP contribution in [0.1, 0.15) is 41.1 Å². The number of methoxy groups -OCH3 is 1. The minimum absolute atomic E-state index is 0.356. The molecule has 0 spiro atoms. The van der Waals surface area contributed by atoms with E-state index in [9.17, 15) is 0 Å². The molecule has 0 saturated carbocycles. The molecule has 1 heterocycles. The number of ether oxygens (including phenoxy) is 1. The van der Waals surface area contributed by atoms with Gasteiger partial charge in [-0.15, -0.1) is 0 Å². The van der Waals surface area contributed by atoms with Gasteiger partial charge in [-0.3, -0.25) is 4.90 Å². The second-order valence-corrected chi connectivity index (χ2v) is 6.50. The number of nitrogens with two attached hydrogens (primary N) is 1. The van der Waals surface area contributed by atoms with Crippen LogP contribution in [0.2, 0.25) is 0 Å². The minimum atomic E-state index is 0.356. The van der Waals surface area contributed by atoms with Gasteiger partial charge in [0.1, 0.15) is 0 Å². The van der Waals surface area contributed by atoms with Crippen LogP contribution in [0, 0.1) is 26.7 Å². The maximum atomic E-state index is 6.14. The predicted octanol–water partition coefficient (Wildman–Crippen LogP) is 2.97. The molecular formula is C18H30N2O. The molecule has 1 atom stereocenters. The van der Waals surface area contributed by atoms with E-state index in [-0.39, 0.29) is 0 Å². The van der Waals surface area contributed by atoms with E-state index in [1.165, 1.54) is 35.1 Å². The Labute approximate surface area is 129 Å². The van der Waals surface area contributed by atoms with Crippen LogP contribution >= 0.6 is 0 Å². The van der Waals surface area contributed by atoms with Crippen molar-refractivity contribution in [2.75, 3.05) is 33.4 Å². The van der Waals surface area contributed by atoms with Gasteiger partial charge in [-0.25, -0.2) is 0 Å². The molecule has 1 fully saturated rings. The highest BCUT2D eigenvalue weighted by Crippen LogP contribution is 2.31. The molecule has 3 nitrogen and oxygen atoms in total. The topological polar surface area (TPSA) is 38.5 Å². The lowest BCUT2D eigenvalue weighted by molar-refractivity contribution is 0.0807. The molecule has 1 aliphatic rings. The standard InChI is InChI=1S/C18H30N2O/c1-13-9-14(2)18(15(3)10-13)17(11-19)20-7-5-16(6-8-20)12-21-4/h9-10,16-17H,5-8,11-12,19H2,1-4H3. The zero-order chi connectivity index (χ0) is 15.4. The van der Waals surface area contributed by atoms with Crippen LogP contribution in [0.15, 0.2) is 12.1 Å². The first-order valence-corrected chi connectivity index (χ1v) is 8.07. The van der Waals surface area contributed by atoms with Crippen molar-refractivity contribution in [3.63, 3.8) is 0 Å². The first-order chi connectivity index (χ1) is 10.1. The molecule has 0 amide bonds.